The molecule has 1 unspecified atom stereocenters. The van der Waals surface area contributed by atoms with E-state index >= 15 is 0 Å². The molecule has 1 aliphatic heterocycles. The van der Waals surface area contributed by atoms with Crippen LogP contribution in [0.3, 0.4) is 0 Å². The molecule has 0 amide bonds. The molecule has 0 bridgehead atoms. The van der Waals surface area contributed by atoms with E-state index in [0.29, 0.717) is 10.8 Å². The summed E-state index contributed by atoms with van der Waals surface area (Å²) in [7, 11) is 1.62. The first kappa shape index (κ1) is 13.7. The monoisotopic (exact) mass is 269 g/mol. The van der Waals surface area contributed by atoms with E-state index in [-0.39, 0.29) is 5.92 Å². The molecule has 100 valence electrons. The van der Waals surface area contributed by atoms with Crippen LogP contribution in [0.5, 0.6) is 5.75 Å². The molecule has 1 heterocycles. The topological polar surface area (TPSA) is 41.5 Å². The second-order valence-corrected chi connectivity index (χ2v) is 5.45. The third-order valence-corrected chi connectivity index (χ3v) is 4.08. The summed E-state index contributed by atoms with van der Waals surface area (Å²) in [5, 5.41) is 14.8. The molecule has 0 aromatic heterocycles. The fourth-order valence-electron chi connectivity index (χ4n) is 2.68. The Labute approximate surface area is 113 Å². The third-order valence-electron chi connectivity index (χ3n) is 3.84. The number of rotatable bonds is 3. The van der Waals surface area contributed by atoms with Gasteiger partial charge in [0.15, 0.2) is 0 Å². The standard InChI is InChI=1S/C14H20ClNO2/c1-14(17,10-5-7-16-8-6-10)12-9-11(15)3-4-13(12)18-2/h3-4,9-10,16-17H,5-8H2,1-2H3. The lowest BCUT2D eigenvalue weighted by Crippen LogP contribution is -2.40. The Kier molecular flexibility index (Phi) is 4.15. The average Bonchev–Trinajstić information content (AvgIpc) is 2.39. The fourth-order valence-corrected chi connectivity index (χ4v) is 2.85. The van der Waals surface area contributed by atoms with Gasteiger partial charge in [-0.05, 0) is 57.0 Å². The van der Waals surface area contributed by atoms with Crippen LogP contribution in [0.1, 0.15) is 25.3 Å². The molecular formula is C14H20ClNO2. The van der Waals surface area contributed by atoms with Crippen molar-refractivity contribution in [3.63, 3.8) is 0 Å². The molecule has 0 spiro atoms. The van der Waals surface area contributed by atoms with Crippen molar-refractivity contribution in [3.8, 4) is 5.75 Å². The summed E-state index contributed by atoms with van der Waals surface area (Å²) < 4.78 is 5.34. The molecule has 0 saturated carbocycles. The predicted octanol–water partition coefficient (Wildman–Crippen LogP) is 2.56. The zero-order valence-electron chi connectivity index (χ0n) is 10.9. The average molecular weight is 270 g/mol. The predicted molar refractivity (Wildman–Crippen MR) is 73.2 cm³/mol. The summed E-state index contributed by atoms with van der Waals surface area (Å²) >= 11 is 6.04. The molecule has 1 aromatic rings. The van der Waals surface area contributed by atoms with Gasteiger partial charge in [-0.1, -0.05) is 11.6 Å². The summed E-state index contributed by atoms with van der Waals surface area (Å²) in [5.74, 6) is 0.925. The molecule has 1 fully saturated rings. The highest BCUT2D eigenvalue weighted by molar-refractivity contribution is 6.30. The molecule has 1 aliphatic rings. The van der Waals surface area contributed by atoms with Gasteiger partial charge in [0.1, 0.15) is 5.75 Å². The van der Waals surface area contributed by atoms with Crippen molar-refractivity contribution in [2.75, 3.05) is 20.2 Å². The van der Waals surface area contributed by atoms with E-state index in [2.05, 4.69) is 5.32 Å². The number of ether oxygens (including phenoxy) is 1. The van der Waals surface area contributed by atoms with Crippen LogP contribution in [0.4, 0.5) is 0 Å². The molecule has 3 nitrogen and oxygen atoms in total. The highest BCUT2D eigenvalue weighted by Crippen LogP contribution is 2.40. The third kappa shape index (κ3) is 2.63. The minimum atomic E-state index is -0.904. The van der Waals surface area contributed by atoms with Crippen molar-refractivity contribution in [3.05, 3.63) is 28.8 Å². The Balaban J connectivity index is 2.35. The van der Waals surface area contributed by atoms with Gasteiger partial charge in [0.05, 0.1) is 12.7 Å². The highest BCUT2D eigenvalue weighted by atomic mass is 35.5. The van der Waals surface area contributed by atoms with E-state index in [4.69, 9.17) is 16.3 Å². The van der Waals surface area contributed by atoms with Crippen LogP contribution in [0.25, 0.3) is 0 Å². The normalized spacial score (nSPS) is 20.4. The van der Waals surface area contributed by atoms with Crippen molar-refractivity contribution in [2.24, 2.45) is 5.92 Å². The first-order valence-corrected chi connectivity index (χ1v) is 6.70. The highest BCUT2D eigenvalue weighted by Gasteiger charge is 2.36. The van der Waals surface area contributed by atoms with Gasteiger partial charge < -0.3 is 15.2 Å². The molecule has 1 saturated heterocycles. The van der Waals surface area contributed by atoms with Crippen molar-refractivity contribution in [1.29, 1.82) is 0 Å². The van der Waals surface area contributed by atoms with E-state index in [1.165, 1.54) is 0 Å². The van der Waals surface area contributed by atoms with Gasteiger partial charge in [-0.3, -0.25) is 0 Å². The number of methoxy groups -OCH3 is 1. The van der Waals surface area contributed by atoms with Crippen molar-refractivity contribution in [2.45, 2.75) is 25.4 Å². The number of hydrogen-bond donors (Lipinski definition) is 2. The number of hydrogen-bond acceptors (Lipinski definition) is 3. The lowest BCUT2D eigenvalue weighted by atomic mass is 9.77. The lowest BCUT2D eigenvalue weighted by molar-refractivity contribution is -0.0203. The maximum atomic E-state index is 10.9. The summed E-state index contributed by atoms with van der Waals surface area (Å²) in [6.07, 6.45) is 1.92. The van der Waals surface area contributed by atoms with E-state index in [9.17, 15) is 5.11 Å². The van der Waals surface area contributed by atoms with E-state index in [1.807, 2.05) is 19.1 Å². The van der Waals surface area contributed by atoms with Gasteiger partial charge in [0.25, 0.3) is 0 Å². The lowest BCUT2D eigenvalue weighted by Gasteiger charge is -2.37. The maximum absolute atomic E-state index is 10.9. The minimum Gasteiger partial charge on any atom is -0.496 e. The summed E-state index contributed by atoms with van der Waals surface area (Å²) in [5.41, 5.74) is -0.123. The molecular weight excluding hydrogens is 250 g/mol. The summed E-state index contributed by atoms with van der Waals surface area (Å²) in [6.45, 7) is 3.75. The van der Waals surface area contributed by atoms with Crippen molar-refractivity contribution >= 4 is 11.6 Å². The van der Waals surface area contributed by atoms with Crippen LogP contribution in [0.15, 0.2) is 18.2 Å². The molecule has 0 radical (unpaired) electrons. The molecule has 18 heavy (non-hydrogen) atoms. The van der Waals surface area contributed by atoms with Crippen molar-refractivity contribution in [1.82, 2.24) is 5.32 Å². The largest absolute Gasteiger partial charge is 0.496 e. The Morgan fingerprint density at radius 3 is 2.67 bits per heavy atom. The SMILES string of the molecule is COc1ccc(Cl)cc1C(C)(O)C1CCNCC1. The van der Waals surface area contributed by atoms with Gasteiger partial charge >= 0.3 is 0 Å². The van der Waals surface area contributed by atoms with Gasteiger partial charge in [0, 0.05) is 10.6 Å². The van der Waals surface area contributed by atoms with E-state index < -0.39 is 5.60 Å². The smallest absolute Gasteiger partial charge is 0.125 e. The van der Waals surface area contributed by atoms with Gasteiger partial charge in [-0.25, -0.2) is 0 Å². The first-order valence-electron chi connectivity index (χ1n) is 6.33. The Hall–Kier alpha value is -0.770. The maximum Gasteiger partial charge on any atom is 0.125 e. The zero-order chi connectivity index (χ0) is 13.2. The molecule has 2 N–H and O–H groups in total. The number of halogens is 1. The Bertz CT molecular complexity index is 414. The Morgan fingerprint density at radius 1 is 1.39 bits per heavy atom. The number of aliphatic hydroxyl groups is 1. The second-order valence-electron chi connectivity index (χ2n) is 5.02. The van der Waals surface area contributed by atoms with Crippen LogP contribution in [0, 0.1) is 5.92 Å². The fraction of sp³-hybridized carbons (Fsp3) is 0.571. The van der Waals surface area contributed by atoms with Gasteiger partial charge in [-0.2, -0.15) is 0 Å². The van der Waals surface area contributed by atoms with Gasteiger partial charge in [0.2, 0.25) is 0 Å². The quantitative estimate of drug-likeness (QED) is 0.886. The zero-order valence-corrected chi connectivity index (χ0v) is 11.6. The number of nitrogens with one attached hydrogen (secondary N) is 1. The first-order chi connectivity index (χ1) is 8.55. The molecule has 0 aliphatic carbocycles. The number of benzene rings is 1. The number of piperidine rings is 1. The summed E-state index contributed by atoms with van der Waals surface area (Å²) in [6, 6.07) is 5.40. The Morgan fingerprint density at radius 2 is 2.06 bits per heavy atom. The van der Waals surface area contributed by atoms with Crippen molar-refractivity contribution < 1.29 is 9.84 Å². The second kappa shape index (κ2) is 5.47. The van der Waals surface area contributed by atoms with Crippen LogP contribution >= 0.6 is 11.6 Å². The van der Waals surface area contributed by atoms with Crippen LogP contribution < -0.4 is 10.1 Å². The molecule has 1 atom stereocenters. The van der Waals surface area contributed by atoms with E-state index in [0.717, 1.165) is 31.5 Å². The van der Waals surface area contributed by atoms with Crippen LogP contribution in [-0.2, 0) is 5.60 Å². The molecule has 4 heteroatoms. The van der Waals surface area contributed by atoms with Gasteiger partial charge in [-0.15, -0.1) is 0 Å². The molecule has 1 aromatic carbocycles. The van der Waals surface area contributed by atoms with Crippen LogP contribution in [-0.4, -0.2) is 25.3 Å². The minimum absolute atomic E-state index is 0.228. The van der Waals surface area contributed by atoms with Crippen LogP contribution in [0.2, 0.25) is 5.02 Å². The molecule has 2 rings (SSSR count). The van der Waals surface area contributed by atoms with E-state index in [1.54, 1.807) is 13.2 Å². The summed E-state index contributed by atoms with van der Waals surface area (Å²) in [4.78, 5) is 0.